The van der Waals surface area contributed by atoms with Crippen LogP contribution < -0.4 is 0 Å². The second-order valence-corrected chi connectivity index (χ2v) is 9.87. The van der Waals surface area contributed by atoms with Gasteiger partial charge in [0.05, 0.1) is 5.71 Å². The summed E-state index contributed by atoms with van der Waals surface area (Å²) in [6.07, 6.45) is 14.0. The van der Waals surface area contributed by atoms with Crippen LogP contribution in [0, 0.1) is 40.9 Å². The van der Waals surface area contributed by atoms with E-state index in [1.54, 1.807) is 11.6 Å². The molecular weight excluding hydrogens is 326 g/mol. The molecule has 1 heterocycles. The van der Waals surface area contributed by atoms with Crippen LogP contribution in [0.2, 0.25) is 0 Å². The average molecular weight is 353 g/mol. The van der Waals surface area contributed by atoms with Crippen LogP contribution in [0.25, 0.3) is 0 Å². The summed E-state index contributed by atoms with van der Waals surface area (Å²) in [5.41, 5.74) is 2.25. The Bertz CT molecular complexity index is 782. The molecule has 1 spiro atoms. The Labute approximate surface area is 154 Å². The number of fused-ring (bicyclic) bond motifs is 9. The lowest BCUT2D eigenvalue weighted by Crippen LogP contribution is -2.53. The van der Waals surface area contributed by atoms with Gasteiger partial charge in [-0.25, -0.2) is 4.79 Å². The summed E-state index contributed by atoms with van der Waals surface area (Å²) in [5, 5.41) is 12.7. The maximum absolute atomic E-state index is 11.9. The van der Waals surface area contributed by atoms with Gasteiger partial charge in [-0.15, -0.1) is 0 Å². The predicted molar refractivity (Wildman–Crippen MR) is 96.6 cm³/mol. The molecule has 4 saturated carbocycles. The minimum Gasteiger partial charge on any atom is -0.451 e. The molecular formula is C22H27NO3. The molecule has 0 saturated heterocycles. The third-order valence-corrected chi connectivity index (χ3v) is 9.22. The number of hydrogen-bond donors (Lipinski definition) is 1. The molecule has 1 N–H and O–H groups in total. The summed E-state index contributed by atoms with van der Waals surface area (Å²) >= 11 is 0. The summed E-state index contributed by atoms with van der Waals surface area (Å²) in [4.78, 5) is 11.9. The Kier molecular flexibility index (Phi) is 2.87. The van der Waals surface area contributed by atoms with E-state index in [9.17, 15) is 10.0 Å². The van der Waals surface area contributed by atoms with Crippen molar-refractivity contribution in [3.8, 4) is 0 Å². The van der Waals surface area contributed by atoms with Crippen LogP contribution in [-0.4, -0.2) is 22.5 Å². The molecule has 4 fully saturated rings. The van der Waals surface area contributed by atoms with Crippen molar-refractivity contribution >= 4 is 11.7 Å². The summed E-state index contributed by atoms with van der Waals surface area (Å²) in [6.45, 7) is 2.41. The predicted octanol–water partition coefficient (Wildman–Crippen LogP) is 4.10. The van der Waals surface area contributed by atoms with Gasteiger partial charge >= 0.3 is 5.97 Å². The normalized spacial score (nSPS) is 55.0. The van der Waals surface area contributed by atoms with Crippen molar-refractivity contribution in [2.24, 2.45) is 46.1 Å². The largest absolute Gasteiger partial charge is 0.451 e. The molecule has 0 aromatic carbocycles. The van der Waals surface area contributed by atoms with E-state index >= 15 is 0 Å². The zero-order valence-electron chi connectivity index (χ0n) is 15.4. The highest BCUT2D eigenvalue weighted by Gasteiger charge is 2.69. The number of carbonyl (C=O) groups is 1. The topological polar surface area (TPSA) is 58.9 Å². The molecule has 4 nitrogen and oxygen atoms in total. The van der Waals surface area contributed by atoms with E-state index in [2.05, 4.69) is 24.2 Å². The van der Waals surface area contributed by atoms with Gasteiger partial charge in [-0.05, 0) is 92.6 Å². The SMILES string of the molecule is C[C@]12CCC3C(C4CC4C4=C/C(=N/O)CC[C@@H]43)C1CC[C@@]21C=CC(=O)O1. The Morgan fingerprint density at radius 3 is 2.85 bits per heavy atom. The number of esters is 1. The quantitative estimate of drug-likeness (QED) is 0.405. The third kappa shape index (κ3) is 1.72. The molecule has 6 rings (SSSR count). The van der Waals surface area contributed by atoms with Crippen molar-refractivity contribution in [3.63, 3.8) is 0 Å². The van der Waals surface area contributed by atoms with Crippen molar-refractivity contribution in [1.82, 2.24) is 0 Å². The molecule has 0 radical (unpaired) electrons. The first kappa shape index (κ1) is 15.5. The Hall–Kier alpha value is -1.58. The Morgan fingerprint density at radius 1 is 1.19 bits per heavy atom. The van der Waals surface area contributed by atoms with Gasteiger partial charge in [0.2, 0.25) is 0 Å². The first-order valence-electron chi connectivity index (χ1n) is 10.4. The van der Waals surface area contributed by atoms with E-state index in [1.165, 1.54) is 25.7 Å². The monoisotopic (exact) mass is 353 g/mol. The first-order chi connectivity index (χ1) is 12.6. The van der Waals surface area contributed by atoms with Gasteiger partial charge < -0.3 is 9.94 Å². The fraction of sp³-hybridized carbons (Fsp3) is 0.727. The number of carbonyl (C=O) groups excluding carboxylic acids is 1. The highest BCUT2D eigenvalue weighted by atomic mass is 16.6. The molecule has 8 atom stereocenters. The van der Waals surface area contributed by atoms with Crippen LogP contribution in [0.1, 0.15) is 51.9 Å². The molecule has 6 aliphatic rings. The smallest absolute Gasteiger partial charge is 0.331 e. The molecule has 26 heavy (non-hydrogen) atoms. The van der Waals surface area contributed by atoms with E-state index in [1.807, 2.05) is 0 Å². The molecule has 0 amide bonds. The van der Waals surface area contributed by atoms with Crippen molar-refractivity contribution in [3.05, 3.63) is 23.8 Å². The third-order valence-electron chi connectivity index (χ3n) is 9.22. The molecule has 0 aromatic rings. The number of allylic oxidation sites excluding steroid dienone is 2. The van der Waals surface area contributed by atoms with Crippen LogP contribution in [0.4, 0.5) is 0 Å². The van der Waals surface area contributed by atoms with E-state index in [-0.39, 0.29) is 17.0 Å². The van der Waals surface area contributed by atoms with Gasteiger partial charge in [0.15, 0.2) is 0 Å². The van der Waals surface area contributed by atoms with E-state index in [0.29, 0.717) is 11.8 Å². The van der Waals surface area contributed by atoms with Crippen LogP contribution in [0.5, 0.6) is 0 Å². The lowest BCUT2D eigenvalue weighted by molar-refractivity contribution is -0.161. The van der Waals surface area contributed by atoms with E-state index in [0.717, 1.165) is 48.6 Å². The maximum Gasteiger partial charge on any atom is 0.331 e. The fourth-order valence-corrected chi connectivity index (χ4v) is 8.02. The van der Waals surface area contributed by atoms with Crippen molar-refractivity contribution < 1.29 is 14.7 Å². The van der Waals surface area contributed by atoms with Crippen molar-refractivity contribution in [2.45, 2.75) is 57.5 Å². The summed E-state index contributed by atoms with van der Waals surface area (Å²) in [7, 11) is 0. The van der Waals surface area contributed by atoms with Crippen LogP contribution >= 0.6 is 0 Å². The minimum atomic E-state index is -0.330. The number of hydrogen-bond acceptors (Lipinski definition) is 4. The van der Waals surface area contributed by atoms with Gasteiger partial charge in [0.1, 0.15) is 5.60 Å². The maximum atomic E-state index is 11.9. The van der Waals surface area contributed by atoms with Crippen LogP contribution in [-0.2, 0) is 9.53 Å². The molecule has 5 unspecified atom stereocenters. The van der Waals surface area contributed by atoms with Gasteiger partial charge in [-0.1, -0.05) is 17.7 Å². The number of oxime groups is 1. The van der Waals surface area contributed by atoms with Crippen LogP contribution in [0.3, 0.4) is 0 Å². The highest BCUT2D eigenvalue weighted by molar-refractivity contribution is 5.96. The van der Waals surface area contributed by atoms with E-state index < -0.39 is 0 Å². The Morgan fingerprint density at radius 2 is 2.08 bits per heavy atom. The number of nitrogens with zero attached hydrogens (tertiary/aromatic N) is 1. The Balaban J connectivity index is 1.37. The number of ether oxygens (including phenoxy) is 1. The average Bonchev–Trinajstić information content (AvgIpc) is 3.29. The summed E-state index contributed by atoms with van der Waals surface area (Å²) < 4.78 is 5.94. The van der Waals surface area contributed by atoms with Crippen molar-refractivity contribution in [1.29, 1.82) is 0 Å². The summed E-state index contributed by atoms with van der Waals surface area (Å²) in [6, 6.07) is 0. The molecule has 0 aromatic heterocycles. The van der Waals surface area contributed by atoms with Gasteiger partial charge in [0, 0.05) is 11.5 Å². The molecule has 4 heteroatoms. The van der Waals surface area contributed by atoms with E-state index in [4.69, 9.17) is 4.74 Å². The zero-order chi connectivity index (χ0) is 17.7. The zero-order valence-corrected chi connectivity index (χ0v) is 15.4. The van der Waals surface area contributed by atoms with Gasteiger partial charge in [-0.3, -0.25) is 0 Å². The second kappa shape index (κ2) is 4.82. The standard InChI is InChI=1S/C22H27NO3/c1-21-7-4-14-13-3-2-12(23-25)10-15(13)16-11-17(16)20(14)18(21)5-8-22(21)9-6-19(24)26-22/h6,9-10,13-14,16-18,20,25H,2-5,7-8,11H2,1H3/b23-12+/t13-,14?,16?,17?,18?,20?,21+,22-/m1/s1. The van der Waals surface area contributed by atoms with Gasteiger partial charge in [0.25, 0.3) is 0 Å². The summed E-state index contributed by atoms with van der Waals surface area (Å²) in [5.74, 6) is 4.33. The highest BCUT2D eigenvalue weighted by Crippen LogP contribution is 2.72. The fourth-order valence-electron chi connectivity index (χ4n) is 8.02. The lowest BCUT2D eigenvalue weighted by Gasteiger charge is -2.55. The first-order valence-corrected chi connectivity index (χ1v) is 10.4. The minimum absolute atomic E-state index is 0.109. The second-order valence-electron chi connectivity index (χ2n) is 9.87. The molecule has 5 aliphatic carbocycles. The van der Waals surface area contributed by atoms with Crippen molar-refractivity contribution in [2.75, 3.05) is 0 Å². The molecule has 1 aliphatic heterocycles. The van der Waals surface area contributed by atoms with Gasteiger partial charge in [-0.2, -0.15) is 0 Å². The lowest BCUT2D eigenvalue weighted by atomic mass is 9.50. The number of rotatable bonds is 0. The molecule has 138 valence electrons. The molecule has 0 bridgehead atoms. The van der Waals surface area contributed by atoms with Crippen LogP contribution in [0.15, 0.2) is 29.0 Å².